The molecule has 0 unspecified atom stereocenters. The highest BCUT2D eigenvalue weighted by Crippen LogP contribution is 2.06. The average molecular weight is 476 g/mol. The van der Waals surface area contributed by atoms with Crippen molar-refractivity contribution in [3.05, 3.63) is 84.2 Å². The van der Waals surface area contributed by atoms with Crippen LogP contribution >= 0.6 is 24.0 Å². The predicted molar refractivity (Wildman–Crippen MR) is 119 cm³/mol. The van der Waals surface area contributed by atoms with E-state index in [0.717, 1.165) is 37.7 Å². The minimum absolute atomic E-state index is 0. The summed E-state index contributed by atoms with van der Waals surface area (Å²) in [6.45, 7) is 2.36. The first-order valence-electron chi connectivity index (χ1n) is 8.71. The lowest BCUT2D eigenvalue weighted by atomic mass is 10.1. The van der Waals surface area contributed by atoms with Crippen LogP contribution in [-0.2, 0) is 19.5 Å². The van der Waals surface area contributed by atoms with E-state index in [1.54, 1.807) is 13.2 Å². The number of pyridine rings is 1. The largest absolute Gasteiger partial charge is 0.356 e. The highest BCUT2D eigenvalue weighted by Gasteiger charge is 2.00. The van der Waals surface area contributed by atoms with Gasteiger partial charge in [-0.1, -0.05) is 30.3 Å². The van der Waals surface area contributed by atoms with Crippen molar-refractivity contribution in [1.82, 2.24) is 25.2 Å². The number of aromatic nitrogens is 3. The third-order valence-corrected chi connectivity index (χ3v) is 4.03. The van der Waals surface area contributed by atoms with Crippen LogP contribution in [0.15, 0.2) is 72.4 Å². The zero-order chi connectivity index (χ0) is 18.0. The summed E-state index contributed by atoms with van der Waals surface area (Å²) < 4.78 is 2.06. The Morgan fingerprint density at radius 3 is 2.52 bits per heavy atom. The van der Waals surface area contributed by atoms with E-state index in [0.29, 0.717) is 0 Å². The maximum atomic E-state index is 4.32. The highest BCUT2D eigenvalue weighted by atomic mass is 127. The van der Waals surface area contributed by atoms with Gasteiger partial charge < -0.3 is 15.2 Å². The molecule has 1 aromatic carbocycles. The molecule has 2 aromatic heterocycles. The molecular formula is C20H25IN6. The number of nitrogens with zero attached hydrogens (tertiary/aromatic N) is 4. The SMILES string of the molecule is CN=C(NCCc1ccccn1)NCc1ccc(Cn2ccnc2)cc1.I. The number of hydrogen-bond donors (Lipinski definition) is 2. The third-order valence-electron chi connectivity index (χ3n) is 4.03. The summed E-state index contributed by atoms with van der Waals surface area (Å²) in [5, 5.41) is 6.66. The Labute approximate surface area is 177 Å². The molecule has 3 rings (SSSR count). The molecule has 0 saturated carbocycles. The number of nitrogens with one attached hydrogen (secondary N) is 2. The maximum absolute atomic E-state index is 4.32. The fourth-order valence-electron chi connectivity index (χ4n) is 2.61. The Morgan fingerprint density at radius 2 is 1.85 bits per heavy atom. The van der Waals surface area contributed by atoms with Crippen LogP contribution in [0.4, 0.5) is 0 Å². The molecule has 0 fully saturated rings. The summed E-state index contributed by atoms with van der Waals surface area (Å²) in [5.74, 6) is 0.795. The molecule has 0 aliphatic rings. The van der Waals surface area contributed by atoms with Crippen molar-refractivity contribution in [2.45, 2.75) is 19.5 Å². The molecule has 142 valence electrons. The zero-order valence-corrected chi connectivity index (χ0v) is 17.7. The van der Waals surface area contributed by atoms with Gasteiger partial charge in [0.15, 0.2) is 5.96 Å². The van der Waals surface area contributed by atoms with Gasteiger partial charge in [0.1, 0.15) is 0 Å². The Morgan fingerprint density at radius 1 is 1.04 bits per heavy atom. The van der Waals surface area contributed by atoms with E-state index < -0.39 is 0 Å². The van der Waals surface area contributed by atoms with E-state index in [9.17, 15) is 0 Å². The van der Waals surface area contributed by atoms with Crippen LogP contribution in [0.1, 0.15) is 16.8 Å². The Kier molecular flexibility index (Phi) is 8.76. The predicted octanol–water partition coefficient (Wildman–Crippen LogP) is 2.85. The van der Waals surface area contributed by atoms with Gasteiger partial charge in [-0.2, -0.15) is 0 Å². The minimum Gasteiger partial charge on any atom is -0.356 e. The second kappa shape index (κ2) is 11.3. The van der Waals surface area contributed by atoms with Crippen molar-refractivity contribution in [3.63, 3.8) is 0 Å². The van der Waals surface area contributed by atoms with Crippen molar-refractivity contribution >= 4 is 29.9 Å². The summed E-state index contributed by atoms with van der Waals surface area (Å²) in [5.41, 5.74) is 3.54. The number of guanidine groups is 1. The number of imidazole rings is 1. The molecule has 0 amide bonds. The molecule has 0 aliphatic heterocycles. The monoisotopic (exact) mass is 476 g/mol. The second-order valence-corrected chi connectivity index (χ2v) is 5.98. The average Bonchev–Trinajstić information content (AvgIpc) is 3.19. The Balaban J connectivity index is 0.00000261. The summed E-state index contributed by atoms with van der Waals surface area (Å²) in [4.78, 5) is 12.7. The highest BCUT2D eigenvalue weighted by molar-refractivity contribution is 14.0. The second-order valence-electron chi connectivity index (χ2n) is 5.98. The minimum atomic E-state index is 0. The van der Waals surface area contributed by atoms with Crippen molar-refractivity contribution in [2.24, 2.45) is 4.99 Å². The zero-order valence-electron chi connectivity index (χ0n) is 15.4. The molecular weight excluding hydrogens is 451 g/mol. The number of hydrogen-bond acceptors (Lipinski definition) is 3. The van der Waals surface area contributed by atoms with E-state index in [1.807, 2.05) is 36.9 Å². The molecule has 27 heavy (non-hydrogen) atoms. The van der Waals surface area contributed by atoms with E-state index >= 15 is 0 Å². The van der Waals surface area contributed by atoms with Gasteiger partial charge in [0.2, 0.25) is 0 Å². The van der Waals surface area contributed by atoms with Crippen molar-refractivity contribution in [1.29, 1.82) is 0 Å². The van der Waals surface area contributed by atoms with Crippen molar-refractivity contribution in [2.75, 3.05) is 13.6 Å². The van der Waals surface area contributed by atoms with Crippen molar-refractivity contribution < 1.29 is 0 Å². The first kappa shape index (κ1) is 20.9. The Hall–Kier alpha value is -2.42. The van der Waals surface area contributed by atoms with Gasteiger partial charge in [-0.05, 0) is 23.3 Å². The lowest BCUT2D eigenvalue weighted by molar-refractivity contribution is 0.781. The number of aliphatic imine (C=N–C) groups is 1. The molecule has 2 heterocycles. The maximum Gasteiger partial charge on any atom is 0.191 e. The van der Waals surface area contributed by atoms with E-state index in [-0.39, 0.29) is 24.0 Å². The third kappa shape index (κ3) is 7.01. The van der Waals surface area contributed by atoms with Gasteiger partial charge in [0.05, 0.1) is 6.33 Å². The van der Waals surface area contributed by atoms with E-state index in [1.165, 1.54) is 11.1 Å². The smallest absolute Gasteiger partial charge is 0.191 e. The van der Waals surface area contributed by atoms with Crippen LogP contribution in [0.25, 0.3) is 0 Å². The van der Waals surface area contributed by atoms with Crippen LogP contribution in [0.3, 0.4) is 0 Å². The lowest BCUT2D eigenvalue weighted by Gasteiger charge is -2.12. The van der Waals surface area contributed by atoms with Gasteiger partial charge >= 0.3 is 0 Å². The molecule has 3 aromatic rings. The molecule has 0 radical (unpaired) electrons. The number of halogens is 1. The molecule has 2 N–H and O–H groups in total. The van der Waals surface area contributed by atoms with Gasteiger partial charge in [0, 0.05) is 57.4 Å². The number of benzene rings is 1. The van der Waals surface area contributed by atoms with Crippen LogP contribution < -0.4 is 10.6 Å². The molecule has 0 spiro atoms. The van der Waals surface area contributed by atoms with Crippen LogP contribution in [0.5, 0.6) is 0 Å². The van der Waals surface area contributed by atoms with E-state index in [2.05, 4.69) is 54.4 Å². The number of rotatable bonds is 7. The van der Waals surface area contributed by atoms with Gasteiger partial charge in [-0.15, -0.1) is 24.0 Å². The topological polar surface area (TPSA) is 67.1 Å². The fraction of sp³-hybridized carbons (Fsp3) is 0.250. The quantitative estimate of drug-likeness (QED) is 0.313. The van der Waals surface area contributed by atoms with Gasteiger partial charge in [-0.25, -0.2) is 4.98 Å². The molecule has 0 bridgehead atoms. The molecule has 0 atom stereocenters. The van der Waals surface area contributed by atoms with Gasteiger partial charge in [0.25, 0.3) is 0 Å². The van der Waals surface area contributed by atoms with Crippen LogP contribution in [0, 0.1) is 0 Å². The van der Waals surface area contributed by atoms with Crippen molar-refractivity contribution in [3.8, 4) is 0 Å². The summed E-state index contributed by atoms with van der Waals surface area (Å²) >= 11 is 0. The Bertz CT molecular complexity index is 800. The summed E-state index contributed by atoms with van der Waals surface area (Å²) in [7, 11) is 1.78. The lowest BCUT2D eigenvalue weighted by Crippen LogP contribution is -2.37. The van der Waals surface area contributed by atoms with E-state index in [4.69, 9.17) is 0 Å². The first-order chi connectivity index (χ1) is 12.8. The van der Waals surface area contributed by atoms with Crippen LogP contribution in [0.2, 0.25) is 0 Å². The van der Waals surface area contributed by atoms with Gasteiger partial charge in [-0.3, -0.25) is 9.98 Å². The molecule has 0 saturated heterocycles. The molecule has 6 nitrogen and oxygen atoms in total. The first-order valence-corrected chi connectivity index (χ1v) is 8.71. The molecule has 7 heteroatoms. The molecule has 0 aliphatic carbocycles. The fourth-order valence-corrected chi connectivity index (χ4v) is 2.61. The van der Waals surface area contributed by atoms with Crippen LogP contribution in [-0.4, -0.2) is 34.1 Å². The summed E-state index contributed by atoms with van der Waals surface area (Å²) in [6, 6.07) is 14.5. The normalized spacial score (nSPS) is 10.9. The summed E-state index contributed by atoms with van der Waals surface area (Å²) in [6.07, 6.45) is 8.28. The standard InChI is InChI=1S/C20H24N6.HI/c1-21-20(24-11-9-19-4-2-3-10-23-19)25-14-17-5-7-18(8-6-17)15-26-13-12-22-16-26;/h2-8,10,12-13,16H,9,11,14-15H2,1H3,(H2,21,24,25);1H.